The van der Waals surface area contributed by atoms with Gasteiger partial charge in [-0.15, -0.1) is 0 Å². The van der Waals surface area contributed by atoms with Crippen molar-refractivity contribution in [1.82, 2.24) is 0 Å². The second-order valence-corrected chi connectivity index (χ2v) is 12.1. The van der Waals surface area contributed by atoms with Crippen molar-refractivity contribution in [2.75, 3.05) is 32.3 Å². The lowest BCUT2D eigenvalue weighted by atomic mass is 9.37. The van der Waals surface area contributed by atoms with Gasteiger partial charge in [0.2, 0.25) is 0 Å². The zero-order chi connectivity index (χ0) is 23.6. The van der Waals surface area contributed by atoms with Gasteiger partial charge >= 0.3 is 6.35 Å². The molecule has 0 unspecified atom stereocenters. The molecule has 12 heteroatoms. The Morgan fingerprint density at radius 2 is 0.862 bits per heavy atom. The van der Waals surface area contributed by atoms with Gasteiger partial charge in [-0.3, -0.25) is 0 Å². The van der Waals surface area contributed by atoms with Gasteiger partial charge < -0.3 is 4.65 Å². The van der Waals surface area contributed by atoms with Crippen LogP contribution >= 0.6 is 7.26 Å². The highest BCUT2D eigenvalue weighted by Crippen LogP contribution is 2.57. The van der Waals surface area contributed by atoms with Crippen LogP contribution in [0.5, 0.6) is 0 Å². The molecule has 0 atom stereocenters. The maximum atomic E-state index is 11.8. The Hall–Kier alpha value is -0.175. The quantitative estimate of drug-likeness (QED) is 0.181. The highest BCUT2D eigenvalue weighted by Gasteiger charge is 2.80. The van der Waals surface area contributed by atoms with Gasteiger partial charge in [0.1, 0.15) is 0 Å². The third-order valence-electron chi connectivity index (χ3n) is 4.89. The van der Waals surface area contributed by atoms with Crippen LogP contribution in [0.3, 0.4) is 0 Å². The molecule has 0 aliphatic heterocycles. The minimum absolute atomic E-state index is 0.283. The van der Waals surface area contributed by atoms with Crippen LogP contribution < -0.4 is 0 Å². The van der Waals surface area contributed by atoms with Crippen molar-refractivity contribution in [3.05, 3.63) is 0 Å². The molecular formula is C17H33BF9OP. The van der Waals surface area contributed by atoms with Crippen LogP contribution in [-0.2, 0) is 4.65 Å². The van der Waals surface area contributed by atoms with E-state index >= 15 is 0 Å². The zero-order valence-corrected chi connectivity index (χ0v) is 18.6. The molecule has 0 amide bonds. The number of hydrogen-bond donors (Lipinski definition) is 0. The number of unbranched alkanes of at least 4 members (excludes halogenated alkanes) is 3. The molecule has 0 aliphatic carbocycles. The van der Waals surface area contributed by atoms with Crippen LogP contribution in [0.2, 0.25) is 0 Å². The average Bonchev–Trinajstić information content (AvgIpc) is 2.54. The minimum atomic E-state index is -6.92. The molecule has 0 fully saturated rings. The Morgan fingerprint density at radius 3 is 0.966 bits per heavy atom. The molecule has 0 aliphatic rings. The van der Waals surface area contributed by atoms with E-state index in [2.05, 4.69) is 32.1 Å². The first kappa shape index (κ1) is 31.0. The maximum Gasteiger partial charge on any atom is 0.450 e. The highest BCUT2D eigenvalue weighted by atomic mass is 31.2. The number of rotatable bonds is 10. The summed E-state index contributed by atoms with van der Waals surface area (Å²) in [7, 11) is -0.802. The smallest absolute Gasteiger partial charge is 0.450 e. The molecular weight excluding hydrogens is 433 g/mol. The van der Waals surface area contributed by atoms with E-state index in [0.717, 1.165) is 0 Å². The van der Waals surface area contributed by atoms with Gasteiger partial charge in [0.15, 0.2) is 0 Å². The van der Waals surface area contributed by atoms with Gasteiger partial charge in [-0.2, -0.15) is 0 Å². The molecule has 0 saturated heterocycles. The van der Waals surface area contributed by atoms with Crippen molar-refractivity contribution < 1.29 is 44.2 Å². The number of hydrogen-bond acceptors (Lipinski definition) is 1. The summed E-state index contributed by atoms with van der Waals surface area (Å²) in [5, 5.41) is 0. The molecule has 0 heterocycles. The monoisotopic (exact) mass is 466 g/mol. The largest absolute Gasteiger partial charge is 0.574 e. The predicted octanol–water partition coefficient (Wildman–Crippen LogP) is 7.92. The first-order valence-electron chi connectivity index (χ1n) is 9.73. The van der Waals surface area contributed by atoms with E-state index in [4.69, 9.17) is 0 Å². The summed E-state index contributed by atoms with van der Waals surface area (Å²) in [6.07, 6.45) is -13.4. The van der Waals surface area contributed by atoms with Crippen molar-refractivity contribution in [2.24, 2.45) is 0 Å². The fourth-order valence-electron chi connectivity index (χ4n) is 2.91. The Balaban J connectivity index is 0. The summed E-state index contributed by atoms with van der Waals surface area (Å²) >= 11 is 0. The van der Waals surface area contributed by atoms with Gasteiger partial charge in [-0.05, 0) is 26.4 Å². The summed E-state index contributed by atoms with van der Waals surface area (Å²) in [6, 6.07) is 0. The molecule has 0 rings (SSSR count). The topological polar surface area (TPSA) is 9.23 Å². The average molecular weight is 466 g/mol. The van der Waals surface area contributed by atoms with E-state index in [-0.39, 0.29) is 7.11 Å². The van der Waals surface area contributed by atoms with Gasteiger partial charge in [-0.1, -0.05) is 40.0 Å². The summed E-state index contributed by atoms with van der Waals surface area (Å²) in [6.45, 7) is 9.59. The molecule has 178 valence electrons. The standard InChI is InChI=1S/C13H30P.C4H3BF9O/c1-5-8-11-14(4,12-9-6-2)13-10-7-3;1-15-5(2(6,7)8,3(9,10)11)4(12,13)14/h5-13H2,1-4H3;1H3/q+1;-1. The molecule has 0 spiro atoms. The molecule has 0 saturated carbocycles. The summed E-state index contributed by atoms with van der Waals surface area (Å²) in [5.74, 6) is 0. The highest BCUT2D eigenvalue weighted by molar-refractivity contribution is 7.75. The predicted molar refractivity (Wildman–Crippen MR) is 103 cm³/mol. The van der Waals surface area contributed by atoms with Crippen molar-refractivity contribution in [2.45, 2.75) is 77.5 Å². The van der Waals surface area contributed by atoms with Gasteiger partial charge in [0.25, 0.3) is 18.2 Å². The molecule has 0 aromatic carbocycles. The fourth-order valence-corrected chi connectivity index (χ4v) is 6.82. The fraction of sp³-hybridized carbons (Fsp3) is 1.00. The van der Waals surface area contributed by atoms with Crippen molar-refractivity contribution in [1.29, 1.82) is 0 Å². The van der Waals surface area contributed by atoms with Gasteiger partial charge in [-0.25, -0.2) is 39.5 Å². The van der Waals surface area contributed by atoms with Crippen molar-refractivity contribution in [3.8, 4) is 0 Å². The van der Waals surface area contributed by atoms with Crippen LogP contribution in [0.15, 0.2) is 0 Å². The molecule has 29 heavy (non-hydrogen) atoms. The lowest BCUT2D eigenvalue weighted by Crippen LogP contribution is -2.73. The van der Waals surface area contributed by atoms with E-state index in [0.29, 0.717) is 0 Å². The second-order valence-electron chi connectivity index (χ2n) is 7.50. The SMILES string of the molecule is CCCC[P+](C)(CCCC)CCCC.CO[B-](C(F)(F)F)(C(F)(F)F)C(F)(F)F. The van der Waals surface area contributed by atoms with Crippen LogP contribution in [0.25, 0.3) is 0 Å². The molecule has 0 aromatic heterocycles. The third kappa shape index (κ3) is 9.24. The van der Waals surface area contributed by atoms with E-state index < -0.39 is 31.8 Å². The lowest BCUT2D eigenvalue weighted by molar-refractivity contribution is -0.189. The lowest BCUT2D eigenvalue weighted by Gasteiger charge is -2.43. The normalized spacial score (nSPS) is 13.9. The maximum absolute atomic E-state index is 11.8. The van der Waals surface area contributed by atoms with Crippen molar-refractivity contribution in [3.63, 3.8) is 0 Å². The first-order chi connectivity index (χ1) is 13.0. The van der Waals surface area contributed by atoms with Crippen LogP contribution in [0.4, 0.5) is 39.5 Å². The summed E-state index contributed by atoms with van der Waals surface area (Å²) in [5.41, 5.74) is 0. The first-order valence-corrected chi connectivity index (χ1v) is 12.5. The minimum Gasteiger partial charge on any atom is -0.574 e. The summed E-state index contributed by atoms with van der Waals surface area (Å²) < 4.78 is 109. The van der Waals surface area contributed by atoms with E-state index in [1.54, 1.807) is 18.5 Å². The number of halogens is 9. The second kappa shape index (κ2) is 12.6. The molecule has 0 radical (unpaired) electrons. The van der Waals surface area contributed by atoms with Crippen LogP contribution in [-0.4, -0.2) is 56.8 Å². The summed E-state index contributed by atoms with van der Waals surface area (Å²) in [4.78, 5) is 0. The molecule has 0 N–H and O–H groups in total. The zero-order valence-electron chi connectivity index (χ0n) is 17.7. The molecule has 0 aromatic rings. The van der Waals surface area contributed by atoms with Gasteiger partial charge in [0.05, 0.1) is 18.5 Å². The molecule has 0 bridgehead atoms. The third-order valence-corrected chi connectivity index (χ3v) is 9.08. The Morgan fingerprint density at radius 1 is 0.621 bits per heavy atom. The van der Waals surface area contributed by atoms with E-state index in [9.17, 15) is 39.5 Å². The van der Waals surface area contributed by atoms with Gasteiger partial charge in [0, 0.05) is 13.9 Å². The Bertz CT molecular complexity index is 378. The van der Waals surface area contributed by atoms with Crippen molar-refractivity contribution >= 4 is 13.6 Å². The van der Waals surface area contributed by atoms with Crippen LogP contribution in [0.1, 0.15) is 59.3 Å². The Labute approximate surface area is 168 Å². The molecule has 1 nitrogen and oxygen atoms in total. The number of alkyl halides is 9. The Kier molecular flexibility index (Phi) is 13.5. The van der Waals surface area contributed by atoms with E-state index in [1.807, 2.05) is 0 Å². The van der Waals surface area contributed by atoms with Crippen LogP contribution in [0, 0.1) is 0 Å². The van der Waals surface area contributed by atoms with E-state index in [1.165, 1.54) is 38.5 Å².